The Morgan fingerprint density at radius 2 is 2.24 bits per heavy atom. The Bertz CT molecular complexity index is 541. The van der Waals surface area contributed by atoms with E-state index < -0.39 is 0 Å². The predicted octanol–water partition coefficient (Wildman–Crippen LogP) is 1.60. The van der Waals surface area contributed by atoms with Crippen molar-refractivity contribution in [1.29, 1.82) is 0 Å². The molecule has 2 aromatic rings. The fraction of sp³-hybridized carbons (Fsp3) is 0.308. The molecule has 84 valence electrons. The summed E-state index contributed by atoms with van der Waals surface area (Å²) in [7, 11) is 0. The second kappa shape index (κ2) is 4.38. The van der Waals surface area contributed by atoms with E-state index in [1.54, 1.807) is 10.9 Å². The molecule has 0 N–H and O–H groups in total. The van der Waals surface area contributed by atoms with Gasteiger partial charge in [-0.05, 0) is 37.0 Å². The van der Waals surface area contributed by atoms with Gasteiger partial charge in [0.15, 0.2) is 0 Å². The van der Waals surface area contributed by atoms with Crippen molar-refractivity contribution < 1.29 is 0 Å². The average Bonchev–Trinajstić information content (AvgIpc) is 3.08. The Morgan fingerprint density at radius 1 is 1.29 bits per heavy atom. The fourth-order valence-electron chi connectivity index (χ4n) is 1.61. The molecule has 4 nitrogen and oxygen atoms in total. The standard InChI is InChI=1S/C13H12N4/c1(9-17-10-2-8-14-17)3-12-6-7-13(16-15-12)11-4-5-11/h2,6-8,10-11H,4-5,9H2. The Hall–Kier alpha value is -2.15. The average molecular weight is 224 g/mol. The topological polar surface area (TPSA) is 43.6 Å². The summed E-state index contributed by atoms with van der Waals surface area (Å²) in [5.74, 6) is 6.65. The highest BCUT2D eigenvalue weighted by molar-refractivity contribution is 5.27. The van der Waals surface area contributed by atoms with E-state index in [1.807, 2.05) is 24.4 Å². The fourth-order valence-corrected chi connectivity index (χ4v) is 1.61. The summed E-state index contributed by atoms with van der Waals surface area (Å²) in [5, 5.41) is 12.4. The first-order valence-corrected chi connectivity index (χ1v) is 5.72. The lowest BCUT2D eigenvalue weighted by Gasteiger charge is -1.94. The Balaban J connectivity index is 1.66. The summed E-state index contributed by atoms with van der Waals surface area (Å²) < 4.78 is 1.78. The van der Waals surface area contributed by atoms with Crippen LogP contribution in [0.5, 0.6) is 0 Å². The summed E-state index contributed by atoms with van der Waals surface area (Å²) in [6, 6.07) is 5.85. The molecular weight excluding hydrogens is 212 g/mol. The third-order valence-electron chi connectivity index (χ3n) is 2.70. The van der Waals surface area contributed by atoms with E-state index in [0.29, 0.717) is 12.5 Å². The molecule has 0 aromatic carbocycles. The molecule has 0 bridgehead atoms. The maximum absolute atomic E-state index is 4.18. The van der Waals surface area contributed by atoms with Gasteiger partial charge in [0.1, 0.15) is 12.2 Å². The zero-order valence-corrected chi connectivity index (χ0v) is 9.37. The summed E-state index contributed by atoms with van der Waals surface area (Å²) in [6.07, 6.45) is 6.13. The van der Waals surface area contributed by atoms with E-state index in [9.17, 15) is 0 Å². The summed E-state index contributed by atoms with van der Waals surface area (Å²) in [6.45, 7) is 0.582. The van der Waals surface area contributed by atoms with Crippen LogP contribution in [0.3, 0.4) is 0 Å². The van der Waals surface area contributed by atoms with Crippen LogP contribution in [0.2, 0.25) is 0 Å². The largest absolute Gasteiger partial charge is 0.261 e. The SMILES string of the molecule is C(#Cc1ccc(C2CC2)nn1)Cn1cccn1. The van der Waals surface area contributed by atoms with Crippen LogP contribution in [0.1, 0.15) is 30.1 Å². The molecule has 1 saturated carbocycles. The van der Waals surface area contributed by atoms with Crippen molar-refractivity contribution in [2.75, 3.05) is 0 Å². The molecule has 0 saturated heterocycles. The van der Waals surface area contributed by atoms with Gasteiger partial charge in [-0.15, -0.1) is 5.10 Å². The lowest BCUT2D eigenvalue weighted by Crippen LogP contribution is -1.96. The minimum Gasteiger partial charge on any atom is -0.261 e. The third-order valence-corrected chi connectivity index (χ3v) is 2.70. The Labute approximate surface area is 99.7 Å². The lowest BCUT2D eigenvalue weighted by atomic mass is 10.2. The molecule has 1 fully saturated rings. The van der Waals surface area contributed by atoms with Gasteiger partial charge in [-0.2, -0.15) is 10.2 Å². The van der Waals surface area contributed by atoms with E-state index in [4.69, 9.17) is 0 Å². The van der Waals surface area contributed by atoms with Gasteiger partial charge < -0.3 is 0 Å². The summed E-state index contributed by atoms with van der Waals surface area (Å²) in [4.78, 5) is 0. The first-order chi connectivity index (χ1) is 8.42. The van der Waals surface area contributed by atoms with E-state index >= 15 is 0 Å². The molecule has 1 aliphatic carbocycles. The van der Waals surface area contributed by atoms with Crippen LogP contribution in [0, 0.1) is 11.8 Å². The first kappa shape index (κ1) is 10.0. The maximum atomic E-state index is 4.18. The number of hydrogen-bond donors (Lipinski definition) is 0. The molecule has 0 amide bonds. The van der Waals surface area contributed by atoms with Gasteiger partial charge in [0.25, 0.3) is 0 Å². The predicted molar refractivity (Wildman–Crippen MR) is 63.1 cm³/mol. The van der Waals surface area contributed by atoms with Crippen molar-refractivity contribution in [2.45, 2.75) is 25.3 Å². The smallest absolute Gasteiger partial charge is 0.135 e. The molecule has 3 rings (SSSR count). The minimum atomic E-state index is 0.582. The molecule has 2 heterocycles. The van der Waals surface area contributed by atoms with Crippen molar-refractivity contribution in [3.05, 3.63) is 42.0 Å². The van der Waals surface area contributed by atoms with E-state index in [0.717, 1.165) is 11.4 Å². The zero-order chi connectivity index (χ0) is 11.5. The van der Waals surface area contributed by atoms with E-state index in [2.05, 4.69) is 27.1 Å². The van der Waals surface area contributed by atoms with E-state index in [1.165, 1.54) is 12.8 Å². The van der Waals surface area contributed by atoms with Crippen molar-refractivity contribution in [2.24, 2.45) is 0 Å². The van der Waals surface area contributed by atoms with Crippen molar-refractivity contribution in [3.63, 3.8) is 0 Å². The van der Waals surface area contributed by atoms with Crippen LogP contribution in [-0.4, -0.2) is 20.0 Å². The van der Waals surface area contributed by atoms with Crippen LogP contribution >= 0.6 is 0 Å². The highest BCUT2D eigenvalue weighted by Gasteiger charge is 2.24. The maximum Gasteiger partial charge on any atom is 0.135 e. The Kier molecular flexibility index (Phi) is 2.59. The molecule has 1 aliphatic rings. The molecule has 4 heteroatoms. The Morgan fingerprint density at radius 3 is 2.88 bits per heavy atom. The van der Waals surface area contributed by atoms with Gasteiger partial charge in [0, 0.05) is 18.3 Å². The van der Waals surface area contributed by atoms with Crippen LogP contribution in [0.4, 0.5) is 0 Å². The zero-order valence-electron chi connectivity index (χ0n) is 9.37. The second-order valence-electron chi connectivity index (χ2n) is 4.12. The van der Waals surface area contributed by atoms with Gasteiger partial charge in [0.05, 0.1) is 5.69 Å². The van der Waals surface area contributed by atoms with Crippen LogP contribution in [-0.2, 0) is 6.54 Å². The normalized spacial score (nSPS) is 14.1. The first-order valence-electron chi connectivity index (χ1n) is 5.72. The molecule has 0 spiro atoms. The number of hydrogen-bond acceptors (Lipinski definition) is 3. The summed E-state index contributed by atoms with van der Waals surface area (Å²) in [5.41, 5.74) is 1.82. The molecule has 2 aromatic heterocycles. The molecule has 17 heavy (non-hydrogen) atoms. The van der Waals surface area contributed by atoms with Gasteiger partial charge in [-0.3, -0.25) is 4.68 Å². The lowest BCUT2D eigenvalue weighted by molar-refractivity contribution is 0.715. The van der Waals surface area contributed by atoms with Crippen LogP contribution in [0.25, 0.3) is 0 Å². The molecule has 0 radical (unpaired) electrons. The minimum absolute atomic E-state index is 0.582. The number of aromatic nitrogens is 4. The monoisotopic (exact) mass is 224 g/mol. The third kappa shape index (κ3) is 2.51. The molecular formula is C13H12N4. The van der Waals surface area contributed by atoms with Gasteiger partial charge in [0.2, 0.25) is 0 Å². The molecule has 0 atom stereocenters. The van der Waals surface area contributed by atoms with Crippen molar-refractivity contribution in [1.82, 2.24) is 20.0 Å². The van der Waals surface area contributed by atoms with Crippen molar-refractivity contribution >= 4 is 0 Å². The van der Waals surface area contributed by atoms with E-state index in [-0.39, 0.29) is 0 Å². The molecule has 0 unspecified atom stereocenters. The van der Waals surface area contributed by atoms with Gasteiger partial charge in [-0.1, -0.05) is 5.92 Å². The van der Waals surface area contributed by atoms with Gasteiger partial charge in [-0.25, -0.2) is 0 Å². The molecule has 0 aliphatic heterocycles. The number of nitrogens with zero attached hydrogens (tertiary/aromatic N) is 4. The van der Waals surface area contributed by atoms with Crippen LogP contribution < -0.4 is 0 Å². The van der Waals surface area contributed by atoms with Crippen LogP contribution in [0.15, 0.2) is 30.6 Å². The number of rotatable bonds is 2. The quantitative estimate of drug-likeness (QED) is 0.728. The highest BCUT2D eigenvalue weighted by Crippen LogP contribution is 2.38. The van der Waals surface area contributed by atoms with Gasteiger partial charge >= 0.3 is 0 Å². The summed E-state index contributed by atoms with van der Waals surface area (Å²) >= 11 is 0. The highest BCUT2D eigenvalue weighted by atomic mass is 15.3. The van der Waals surface area contributed by atoms with Crippen molar-refractivity contribution in [3.8, 4) is 11.8 Å². The second-order valence-corrected chi connectivity index (χ2v) is 4.12.